The summed E-state index contributed by atoms with van der Waals surface area (Å²) < 4.78 is 5.25. The van der Waals surface area contributed by atoms with Gasteiger partial charge in [-0.1, -0.05) is 0 Å². The molecule has 0 fully saturated rings. The van der Waals surface area contributed by atoms with E-state index < -0.39 is 0 Å². The number of hydrogen-bond donors (Lipinski definition) is 2. The molecular formula is C11H15N5O. The Kier molecular flexibility index (Phi) is 3.24. The predicted molar refractivity (Wildman–Crippen MR) is 65.4 cm³/mol. The second-order valence-corrected chi connectivity index (χ2v) is 3.76. The number of nitrogens with zero attached hydrogens (tertiary/aromatic N) is 3. The van der Waals surface area contributed by atoms with Crippen LogP contribution in [0.3, 0.4) is 0 Å². The number of aryl methyl sites for hydroxylation is 1. The normalized spacial score (nSPS) is 10.3. The molecule has 0 saturated carbocycles. The lowest BCUT2D eigenvalue weighted by Gasteiger charge is -2.17. The van der Waals surface area contributed by atoms with Gasteiger partial charge in [-0.15, -0.1) is 0 Å². The third kappa shape index (κ3) is 2.54. The van der Waals surface area contributed by atoms with Crippen molar-refractivity contribution in [1.82, 2.24) is 9.97 Å². The number of nitrogens with one attached hydrogen (secondary N) is 1. The lowest BCUT2D eigenvalue weighted by molar-refractivity contribution is 0.529. The van der Waals surface area contributed by atoms with Crippen LogP contribution in [0.25, 0.3) is 0 Å². The number of hydrogen-bond acceptors (Lipinski definition) is 6. The Balaban J connectivity index is 2.14. The van der Waals surface area contributed by atoms with Gasteiger partial charge >= 0.3 is 0 Å². The minimum absolute atomic E-state index is 0.540. The molecule has 2 rings (SSSR count). The van der Waals surface area contributed by atoms with Crippen LogP contribution in [0.15, 0.2) is 29.1 Å². The van der Waals surface area contributed by atoms with Gasteiger partial charge in [-0.3, -0.25) is 4.98 Å². The van der Waals surface area contributed by atoms with E-state index in [4.69, 9.17) is 10.3 Å². The summed E-state index contributed by atoms with van der Waals surface area (Å²) in [6.07, 6.45) is 4.94. The summed E-state index contributed by atoms with van der Waals surface area (Å²) in [7, 11) is 1.94. The van der Waals surface area contributed by atoms with Crippen molar-refractivity contribution in [2.45, 2.75) is 13.5 Å². The van der Waals surface area contributed by atoms with E-state index in [0.717, 1.165) is 17.1 Å². The summed E-state index contributed by atoms with van der Waals surface area (Å²) in [6.45, 7) is 2.65. The molecule has 0 amide bonds. The molecule has 0 aliphatic rings. The quantitative estimate of drug-likeness (QED) is 0.612. The van der Waals surface area contributed by atoms with E-state index in [1.165, 1.54) is 0 Å². The largest absolute Gasteiger partial charge is 0.469 e. The Morgan fingerprint density at radius 3 is 2.94 bits per heavy atom. The Labute approximate surface area is 99.4 Å². The minimum atomic E-state index is 0.540. The van der Waals surface area contributed by atoms with Gasteiger partial charge in [0.25, 0.3) is 0 Å². The summed E-state index contributed by atoms with van der Waals surface area (Å²) in [6, 6.07) is 1.95. The van der Waals surface area contributed by atoms with Crippen molar-refractivity contribution in [3.05, 3.63) is 36.0 Å². The second-order valence-electron chi connectivity index (χ2n) is 3.76. The Morgan fingerprint density at radius 1 is 1.47 bits per heavy atom. The van der Waals surface area contributed by atoms with Gasteiger partial charge in [0, 0.05) is 19.2 Å². The highest BCUT2D eigenvalue weighted by Gasteiger charge is 2.08. The topological polar surface area (TPSA) is 80.2 Å². The van der Waals surface area contributed by atoms with E-state index >= 15 is 0 Å². The first-order chi connectivity index (χ1) is 8.20. The zero-order valence-corrected chi connectivity index (χ0v) is 9.84. The zero-order valence-electron chi connectivity index (χ0n) is 9.84. The number of nitrogen functional groups attached to an aromatic ring is 1. The summed E-state index contributed by atoms with van der Waals surface area (Å²) >= 11 is 0. The average Bonchev–Trinajstić information content (AvgIpc) is 2.75. The minimum Gasteiger partial charge on any atom is -0.469 e. The summed E-state index contributed by atoms with van der Waals surface area (Å²) in [4.78, 5) is 10.3. The Hall–Kier alpha value is -2.08. The fraction of sp³-hybridized carbons (Fsp3) is 0.273. The fourth-order valence-corrected chi connectivity index (χ4v) is 1.52. The molecule has 3 N–H and O–H groups in total. The van der Waals surface area contributed by atoms with Crippen molar-refractivity contribution < 1.29 is 4.42 Å². The van der Waals surface area contributed by atoms with Gasteiger partial charge in [-0.05, 0) is 13.0 Å². The molecule has 0 radical (unpaired) electrons. The van der Waals surface area contributed by atoms with Gasteiger partial charge in [0.1, 0.15) is 11.6 Å². The standard InChI is InChI=1S/C11H15N5O/c1-8-9(3-4-17-8)7-16(2)11-6-13-5-10(14-11)15-12/h3-6H,7,12H2,1-2H3,(H,14,15). The monoisotopic (exact) mass is 233 g/mol. The molecule has 0 aliphatic heterocycles. The van der Waals surface area contributed by atoms with Crippen LogP contribution in [0.5, 0.6) is 0 Å². The summed E-state index contributed by atoms with van der Waals surface area (Å²) in [5.41, 5.74) is 3.60. The maximum absolute atomic E-state index is 5.29. The van der Waals surface area contributed by atoms with Crippen molar-refractivity contribution in [2.75, 3.05) is 17.4 Å². The van der Waals surface area contributed by atoms with E-state index in [1.807, 2.05) is 24.9 Å². The van der Waals surface area contributed by atoms with Gasteiger partial charge < -0.3 is 14.7 Å². The van der Waals surface area contributed by atoms with Crippen molar-refractivity contribution >= 4 is 11.6 Å². The maximum Gasteiger partial charge on any atom is 0.160 e. The smallest absolute Gasteiger partial charge is 0.160 e. The van der Waals surface area contributed by atoms with Crippen LogP contribution in [-0.2, 0) is 6.54 Å². The van der Waals surface area contributed by atoms with Crippen LogP contribution in [-0.4, -0.2) is 17.0 Å². The molecule has 2 heterocycles. The lowest BCUT2D eigenvalue weighted by atomic mass is 10.2. The molecule has 17 heavy (non-hydrogen) atoms. The first-order valence-electron chi connectivity index (χ1n) is 5.23. The third-order valence-corrected chi connectivity index (χ3v) is 2.53. The molecule has 0 bridgehead atoms. The highest BCUT2D eigenvalue weighted by atomic mass is 16.3. The molecule has 2 aromatic heterocycles. The molecule has 0 unspecified atom stereocenters. The van der Waals surface area contributed by atoms with Crippen LogP contribution in [0, 0.1) is 6.92 Å². The third-order valence-electron chi connectivity index (χ3n) is 2.53. The molecule has 2 aromatic rings. The van der Waals surface area contributed by atoms with Gasteiger partial charge in [0.2, 0.25) is 0 Å². The van der Waals surface area contributed by atoms with Gasteiger partial charge in [0.15, 0.2) is 5.82 Å². The van der Waals surface area contributed by atoms with Crippen molar-refractivity contribution in [2.24, 2.45) is 5.84 Å². The van der Waals surface area contributed by atoms with Crippen molar-refractivity contribution in [1.29, 1.82) is 0 Å². The number of furan rings is 1. The van der Waals surface area contributed by atoms with Gasteiger partial charge in [0.05, 0.1) is 18.7 Å². The molecule has 6 heteroatoms. The lowest BCUT2D eigenvalue weighted by Crippen LogP contribution is -2.19. The van der Waals surface area contributed by atoms with Crippen LogP contribution in [0.4, 0.5) is 11.6 Å². The maximum atomic E-state index is 5.29. The van der Waals surface area contributed by atoms with Crippen molar-refractivity contribution in [3.8, 4) is 0 Å². The van der Waals surface area contributed by atoms with E-state index in [2.05, 4.69) is 15.4 Å². The first kappa shape index (κ1) is 11.4. The number of aromatic nitrogens is 2. The second kappa shape index (κ2) is 4.84. The van der Waals surface area contributed by atoms with Gasteiger partial charge in [-0.2, -0.15) is 0 Å². The Morgan fingerprint density at radius 2 is 2.29 bits per heavy atom. The molecule has 0 saturated heterocycles. The SMILES string of the molecule is Cc1occc1CN(C)c1cncc(NN)n1. The molecule has 0 aromatic carbocycles. The molecule has 0 atom stereocenters. The number of anilines is 2. The highest BCUT2D eigenvalue weighted by Crippen LogP contribution is 2.16. The molecule has 0 aliphatic carbocycles. The van der Waals surface area contributed by atoms with Crippen molar-refractivity contribution in [3.63, 3.8) is 0 Å². The number of hydrazine groups is 1. The van der Waals surface area contributed by atoms with Crippen LogP contribution in [0.2, 0.25) is 0 Å². The number of nitrogens with two attached hydrogens (primary N) is 1. The van der Waals surface area contributed by atoms with E-state index in [0.29, 0.717) is 12.4 Å². The average molecular weight is 233 g/mol. The fourth-order valence-electron chi connectivity index (χ4n) is 1.52. The Bertz CT molecular complexity index is 496. The molecule has 0 spiro atoms. The molecule has 90 valence electrons. The highest BCUT2D eigenvalue weighted by molar-refractivity contribution is 5.43. The molecular weight excluding hydrogens is 218 g/mol. The van der Waals surface area contributed by atoms with E-state index in [9.17, 15) is 0 Å². The van der Waals surface area contributed by atoms with Gasteiger partial charge in [-0.25, -0.2) is 10.8 Å². The summed E-state index contributed by atoms with van der Waals surface area (Å²) in [5.74, 6) is 7.50. The van der Waals surface area contributed by atoms with E-state index in [1.54, 1.807) is 18.7 Å². The number of rotatable bonds is 4. The van der Waals surface area contributed by atoms with Crippen LogP contribution in [0.1, 0.15) is 11.3 Å². The predicted octanol–water partition coefficient (Wildman–Crippen LogP) is 1.30. The van der Waals surface area contributed by atoms with E-state index in [-0.39, 0.29) is 0 Å². The zero-order chi connectivity index (χ0) is 12.3. The summed E-state index contributed by atoms with van der Waals surface area (Å²) in [5, 5.41) is 0. The van der Waals surface area contributed by atoms with Crippen LogP contribution < -0.4 is 16.2 Å². The first-order valence-corrected chi connectivity index (χ1v) is 5.23. The van der Waals surface area contributed by atoms with Crippen LogP contribution >= 0.6 is 0 Å². The molecule has 6 nitrogen and oxygen atoms in total.